The topological polar surface area (TPSA) is 24.1 Å². The zero-order valence-electron chi connectivity index (χ0n) is 12.4. The highest BCUT2D eigenvalue weighted by Crippen LogP contribution is 2.17. The molecule has 0 atom stereocenters. The van der Waals surface area contributed by atoms with Gasteiger partial charge in [-0.1, -0.05) is 42.5 Å². The summed E-state index contributed by atoms with van der Waals surface area (Å²) in [4.78, 5) is 0. The molecule has 0 spiro atoms. The molecule has 2 nitrogen and oxygen atoms in total. The standard InChI is InChI=1S/C18H24N2/c1-15-7-6-10-18(16(15)2)20-14-13-19-12-11-17-8-4-3-5-9-17/h3-10,19-20H,11-14H2,1-2H3. The van der Waals surface area contributed by atoms with Crippen LogP contribution in [0.3, 0.4) is 0 Å². The molecule has 0 bridgehead atoms. The Morgan fingerprint density at radius 2 is 1.60 bits per heavy atom. The summed E-state index contributed by atoms with van der Waals surface area (Å²) in [7, 11) is 0. The molecule has 2 aromatic rings. The lowest BCUT2D eigenvalue weighted by Gasteiger charge is -2.12. The van der Waals surface area contributed by atoms with E-state index in [1.807, 2.05) is 0 Å². The fourth-order valence-corrected chi connectivity index (χ4v) is 2.23. The Balaban J connectivity index is 1.63. The maximum absolute atomic E-state index is 3.49. The van der Waals surface area contributed by atoms with Gasteiger partial charge in [0.1, 0.15) is 0 Å². The van der Waals surface area contributed by atoms with Crippen molar-refractivity contribution in [1.29, 1.82) is 0 Å². The van der Waals surface area contributed by atoms with E-state index in [4.69, 9.17) is 0 Å². The fraction of sp³-hybridized carbons (Fsp3) is 0.333. The Kier molecular flexibility index (Phi) is 5.63. The average molecular weight is 268 g/mol. The van der Waals surface area contributed by atoms with E-state index in [2.05, 4.69) is 73.0 Å². The van der Waals surface area contributed by atoms with Crippen molar-refractivity contribution in [3.05, 3.63) is 65.2 Å². The fourth-order valence-electron chi connectivity index (χ4n) is 2.23. The van der Waals surface area contributed by atoms with Crippen LogP contribution in [0.5, 0.6) is 0 Å². The first kappa shape index (κ1) is 14.6. The second-order valence-corrected chi connectivity index (χ2v) is 5.16. The van der Waals surface area contributed by atoms with E-state index in [1.165, 1.54) is 22.4 Å². The molecule has 106 valence electrons. The minimum absolute atomic E-state index is 0.957. The highest BCUT2D eigenvalue weighted by Gasteiger charge is 1.99. The van der Waals surface area contributed by atoms with Crippen LogP contribution in [0.15, 0.2) is 48.5 Å². The lowest BCUT2D eigenvalue weighted by molar-refractivity contribution is 0.699. The first-order valence-corrected chi connectivity index (χ1v) is 7.32. The Hall–Kier alpha value is -1.80. The van der Waals surface area contributed by atoms with Crippen LogP contribution in [0.1, 0.15) is 16.7 Å². The normalized spacial score (nSPS) is 10.5. The van der Waals surface area contributed by atoms with E-state index in [1.54, 1.807) is 0 Å². The van der Waals surface area contributed by atoms with E-state index < -0.39 is 0 Å². The number of rotatable bonds is 7. The molecule has 0 aromatic heterocycles. The van der Waals surface area contributed by atoms with Crippen molar-refractivity contribution >= 4 is 5.69 Å². The monoisotopic (exact) mass is 268 g/mol. The average Bonchev–Trinajstić information content (AvgIpc) is 2.48. The molecule has 2 aromatic carbocycles. The van der Waals surface area contributed by atoms with Gasteiger partial charge in [0.15, 0.2) is 0 Å². The van der Waals surface area contributed by atoms with Crippen molar-refractivity contribution < 1.29 is 0 Å². The van der Waals surface area contributed by atoms with Crippen LogP contribution in [0.2, 0.25) is 0 Å². The predicted octanol–water partition coefficient (Wildman–Crippen LogP) is 3.55. The molecule has 0 radical (unpaired) electrons. The van der Waals surface area contributed by atoms with E-state index in [-0.39, 0.29) is 0 Å². The van der Waals surface area contributed by atoms with Gasteiger partial charge in [-0.15, -0.1) is 0 Å². The lowest BCUT2D eigenvalue weighted by Crippen LogP contribution is -2.24. The third-order valence-electron chi connectivity index (χ3n) is 3.66. The molecular formula is C18H24N2. The van der Waals surface area contributed by atoms with Crippen molar-refractivity contribution in [2.45, 2.75) is 20.3 Å². The molecule has 2 rings (SSSR count). The molecule has 0 aliphatic heterocycles. The number of aryl methyl sites for hydroxylation is 1. The Morgan fingerprint density at radius 3 is 2.40 bits per heavy atom. The largest absolute Gasteiger partial charge is 0.384 e. The first-order chi connectivity index (χ1) is 9.77. The molecule has 0 saturated carbocycles. The third kappa shape index (κ3) is 4.39. The molecule has 2 heteroatoms. The number of anilines is 1. The Morgan fingerprint density at radius 1 is 0.800 bits per heavy atom. The minimum Gasteiger partial charge on any atom is -0.384 e. The van der Waals surface area contributed by atoms with Crippen LogP contribution in [0, 0.1) is 13.8 Å². The van der Waals surface area contributed by atoms with Crippen LogP contribution in [-0.4, -0.2) is 19.6 Å². The number of hydrogen-bond acceptors (Lipinski definition) is 2. The molecule has 0 amide bonds. The van der Waals surface area contributed by atoms with Crippen molar-refractivity contribution in [2.75, 3.05) is 25.0 Å². The van der Waals surface area contributed by atoms with Gasteiger partial charge in [0.05, 0.1) is 0 Å². The molecule has 2 N–H and O–H groups in total. The highest BCUT2D eigenvalue weighted by atomic mass is 14.9. The second-order valence-electron chi connectivity index (χ2n) is 5.16. The molecule has 0 fully saturated rings. The van der Waals surface area contributed by atoms with Crippen molar-refractivity contribution in [3.8, 4) is 0 Å². The minimum atomic E-state index is 0.957. The van der Waals surface area contributed by atoms with Gasteiger partial charge in [-0.05, 0) is 49.6 Å². The summed E-state index contributed by atoms with van der Waals surface area (Å²) in [5.41, 5.74) is 5.32. The van der Waals surface area contributed by atoms with Gasteiger partial charge in [0, 0.05) is 18.8 Å². The van der Waals surface area contributed by atoms with Gasteiger partial charge < -0.3 is 10.6 Å². The summed E-state index contributed by atoms with van der Waals surface area (Å²) < 4.78 is 0. The quantitative estimate of drug-likeness (QED) is 0.750. The second kappa shape index (κ2) is 7.71. The van der Waals surface area contributed by atoms with Gasteiger partial charge in [0.2, 0.25) is 0 Å². The van der Waals surface area contributed by atoms with Gasteiger partial charge in [-0.3, -0.25) is 0 Å². The summed E-state index contributed by atoms with van der Waals surface area (Å²) in [5.74, 6) is 0. The summed E-state index contributed by atoms with van der Waals surface area (Å²) in [5, 5.41) is 6.97. The zero-order chi connectivity index (χ0) is 14.2. The molecular weight excluding hydrogens is 244 g/mol. The summed E-state index contributed by atoms with van der Waals surface area (Å²) in [6, 6.07) is 17.0. The van der Waals surface area contributed by atoms with Crippen LogP contribution in [-0.2, 0) is 6.42 Å². The molecule has 0 aliphatic carbocycles. The molecule has 20 heavy (non-hydrogen) atoms. The van der Waals surface area contributed by atoms with Crippen molar-refractivity contribution in [3.63, 3.8) is 0 Å². The summed E-state index contributed by atoms with van der Waals surface area (Å²) in [6.45, 7) is 7.29. The smallest absolute Gasteiger partial charge is 0.0372 e. The van der Waals surface area contributed by atoms with E-state index in [0.29, 0.717) is 0 Å². The molecule has 0 aliphatic rings. The first-order valence-electron chi connectivity index (χ1n) is 7.32. The number of benzene rings is 2. The number of hydrogen-bond donors (Lipinski definition) is 2. The predicted molar refractivity (Wildman–Crippen MR) is 87.4 cm³/mol. The van der Waals surface area contributed by atoms with Gasteiger partial charge in [0.25, 0.3) is 0 Å². The summed E-state index contributed by atoms with van der Waals surface area (Å²) in [6.07, 6.45) is 1.09. The summed E-state index contributed by atoms with van der Waals surface area (Å²) >= 11 is 0. The number of nitrogens with one attached hydrogen (secondary N) is 2. The Bertz CT molecular complexity index is 520. The van der Waals surface area contributed by atoms with Crippen LogP contribution in [0.4, 0.5) is 5.69 Å². The maximum Gasteiger partial charge on any atom is 0.0372 e. The molecule has 0 unspecified atom stereocenters. The van der Waals surface area contributed by atoms with Gasteiger partial charge in [-0.25, -0.2) is 0 Å². The lowest BCUT2D eigenvalue weighted by atomic mass is 10.1. The van der Waals surface area contributed by atoms with Gasteiger partial charge in [-0.2, -0.15) is 0 Å². The van der Waals surface area contributed by atoms with E-state index in [9.17, 15) is 0 Å². The third-order valence-corrected chi connectivity index (χ3v) is 3.66. The van der Waals surface area contributed by atoms with Crippen molar-refractivity contribution in [2.24, 2.45) is 0 Å². The van der Waals surface area contributed by atoms with Crippen molar-refractivity contribution in [1.82, 2.24) is 5.32 Å². The maximum atomic E-state index is 3.49. The molecule has 0 heterocycles. The van der Waals surface area contributed by atoms with Crippen LogP contribution >= 0.6 is 0 Å². The van der Waals surface area contributed by atoms with Crippen LogP contribution in [0.25, 0.3) is 0 Å². The Labute approximate surface area is 122 Å². The van der Waals surface area contributed by atoms with Crippen LogP contribution < -0.4 is 10.6 Å². The van der Waals surface area contributed by atoms with E-state index in [0.717, 1.165) is 26.1 Å². The van der Waals surface area contributed by atoms with Gasteiger partial charge >= 0.3 is 0 Å². The van der Waals surface area contributed by atoms with E-state index >= 15 is 0 Å². The zero-order valence-corrected chi connectivity index (χ0v) is 12.4. The SMILES string of the molecule is Cc1cccc(NCCNCCc2ccccc2)c1C. The highest BCUT2D eigenvalue weighted by molar-refractivity contribution is 5.53. The molecule has 0 saturated heterocycles.